The van der Waals surface area contributed by atoms with Gasteiger partial charge in [-0.1, -0.05) is 26.0 Å². The highest BCUT2D eigenvalue weighted by atomic mass is 16.5. The molecule has 0 saturated carbocycles. The van der Waals surface area contributed by atoms with Gasteiger partial charge in [0.05, 0.1) is 6.61 Å². The van der Waals surface area contributed by atoms with E-state index in [1.807, 2.05) is 12.4 Å². The summed E-state index contributed by atoms with van der Waals surface area (Å²) in [6.07, 6.45) is 3.68. The van der Waals surface area contributed by atoms with Crippen molar-refractivity contribution in [3.05, 3.63) is 29.6 Å². The molecule has 2 aromatic heterocycles. The number of nitrogens with one attached hydrogen (secondary N) is 1. The van der Waals surface area contributed by atoms with Gasteiger partial charge >= 0.3 is 0 Å². The van der Waals surface area contributed by atoms with E-state index in [0.29, 0.717) is 12.4 Å². The normalized spacial score (nSPS) is 20.2. The Morgan fingerprint density at radius 2 is 2.09 bits per heavy atom. The number of hydrogen-bond donors (Lipinski definition) is 1. The molecule has 8 nitrogen and oxygen atoms in total. The van der Waals surface area contributed by atoms with Crippen LogP contribution < -0.4 is 0 Å². The third kappa shape index (κ3) is 3.45. The molecule has 1 N–H and O–H groups in total. The Hall–Kier alpha value is -1.93. The van der Waals surface area contributed by atoms with Gasteiger partial charge in [-0.2, -0.15) is 5.21 Å². The first-order chi connectivity index (χ1) is 10.5. The Morgan fingerprint density at radius 3 is 2.73 bits per heavy atom. The summed E-state index contributed by atoms with van der Waals surface area (Å²) in [5.41, 5.74) is 1.07. The van der Waals surface area contributed by atoms with E-state index >= 15 is 0 Å². The number of morpholine rings is 1. The van der Waals surface area contributed by atoms with Crippen molar-refractivity contribution in [3.63, 3.8) is 0 Å². The van der Waals surface area contributed by atoms with Crippen LogP contribution in [0.1, 0.15) is 44.1 Å². The fourth-order valence-corrected chi connectivity index (χ4v) is 2.39. The molecule has 1 aliphatic rings. The van der Waals surface area contributed by atoms with Gasteiger partial charge < -0.3 is 4.74 Å². The van der Waals surface area contributed by atoms with Gasteiger partial charge in [-0.25, -0.2) is 9.97 Å². The first-order valence-electron chi connectivity index (χ1n) is 7.41. The SMILES string of the molecule is CC(C)(C)c1ncc(CN2CCOC(c3nn[nH]n3)C2)cn1. The Kier molecular flexibility index (Phi) is 4.12. The lowest BCUT2D eigenvalue weighted by Gasteiger charge is -2.31. The summed E-state index contributed by atoms with van der Waals surface area (Å²) in [7, 11) is 0. The van der Waals surface area contributed by atoms with Crippen molar-refractivity contribution in [2.75, 3.05) is 19.7 Å². The Labute approximate surface area is 129 Å². The van der Waals surface area contributed by atoms with Crippen LogP contribution in [0.4, 0.5) is 0 Å². The van der Waals surface area contributed by atoms with Gasteiger partial charge in [0.15, 0.2) is 0 Å². The predicted octanol–water partition coefficient (Wildman–Crippen LogP) is 0.861. The van der Waals surface area contributed by atoms with Gasteiger partial charge in [-0.15, -0.1) is 10.2 Å². The van der Waals surface area contributed by atoms with Crippen molar-refractivity contribution in [3.8, 4) is 0 Å². The molecule has 1 unspecified atom stereocenters. The van der Waals surface area contributed by atoms with Crippen LogP contribution in [0.15, 0.2) is 12.4 Å². The first-order valence-corrected chi connectivity index (χ1v) is 7.41. The smallest absolute Gasteiger partial charge is 0.204 e. The van der Waals surface area contributed by atoms with E-state index in [4.69, 9.17) is 4.74 Å². The second kappa shape index (κ2) is 6.05. The lowest BCUT2D eigenvalue weighted by molar-refractivity contribution is -0.0372. The number of H-pyrrole nitrogens is 1. The molecule has 0 aromatic carbocycles. The van der Waals surface area contributed by atoms with Crippen molar-refractivity contribution in [1.29, 1.82) is 0 Å². The average molecular weight is 303 g/mol. The minimum atomic E-state index is -0.137. The minimum absolute atomic E-state index is 0.0266. The topological polar surface area (TPSA) is 92.7 Å². The summed E-state index contributed by atoms with van der Waals surface area (Å²) in [6.45, 7) is 9.39. The highest BCUT2D eigenvalue weighted by Gasteiger charge is 2.25. The lowest BCUT2D eigenvalue weighted by Crippen LogP contribution is -2.38. The molecular formula is C14H21N7O. The maximum atomic E-state index is 5.70. The van der Waals surface area contributed by atoms with Crippen LogP contribution in [-0.2, 0) is 16.7 Å². The molecule has 0 radical (unpaired) electrons. The quantitative estimate of drug-likeness (QED) is 0.899. The summed E-state index contributed by atoms with van der Waals surface area (Å²) in [5, 5.41) is 14.0. The van der Waals surface area contributed by atoms with Crippen LogP contribution >= 0.6 is 0 Å². The number of aromatic amines is 1. The predicted molar refractivity (Wildman–Crippen MR) is 78.9 cm³/mol. The van der Waals surface area contributed by atoms with Gasteiger partial charge in [-0.05, 0) is 0 Å². The van der Waals surface area contributed by atoms with Gasteiger partial charge in [0, 0.05) is 43.0 Å². The Balaban J connectivity index is 1.63. The van der Waals surface area contributed by atoms with Gasteiger partial charge in [-0.3, -0.25) is 4.90 Å². The summed E-state index contributed by atoms with van der Waals surface area (Å²) < 4.78 is 5.70. The molecule has 22 heavy (non-hydrogen) atoms. The minimum Gasteiger partial charge on any atom is -0.367 e. The molecule has 2 aromatic rings. The third-order valence-corrected chi connectivity index (χ3v) is 3.58. The molecule has 3 heterocycles. The molecule has 3 rings (SSSR count). The zero-order valence-corrected chi connectivity index (χ0v) is 13.2. The van der Waals surface area contributed by atoms with E-state index in [1.54, 1.807) is 0 Å². The summed E-state index contributed by atoms with van der Waals surface area (Å²) in [5.74, 6) is 1.46. The maximum absolute atomic E-state index is 5.70. The number of aromatic nitrogens is 6. The fourth-order valence-electron chi connectivity index (χ4n) is 2.39. The molecule has 0 bridgehead atoms. The largest absolute Gasteiger partial charge is 0.367 e. The Bertz CT molecular complexity index is 591. The summed E-state index contributed by atoms with van der Waals surface area (Å²) in [6, 6.07) is 0. The monoisotopic (exact) mass is 303 g/mol. The van der Waals surface area contributed by atoms with Crippen LogP contribution in [0.25, 0.3) is 0 Å². The van der Waals surface area contributed by atoms with Crippen LogP contribution in [0.5, 0.6) is 0 Å². The molecule has 1 saturated heterocycles. The summed E-state index contributed by atoms with van der Waals surface area (Å²) in [4.78, 5) is 11.2. The number of rotatable bonds is 3. The van der Waals surface area contributed by atoms with Crippen LogP contribution in [0.3, 0.4) is 0 Å². The molecule has 1 aliphatic heterocycles. The third-order valence-electron chi connectivity index (χ3n) is 3.58. The van der Waals surface area contributed by atoms with Gasteiger partial charge in [0.2, 0.25) is 5.82 Å². The highest BCUT2D eigenvalue weighted by molar-refractivity contribution is 5.09. The lowest BCUT2D eigenvalue weighted by atomic mass is 9.96. The molecule has 1 atom stereocenters. The molecule has 0 aliphatic carbocycles. The fraction of sp³-hybridized carbons (Fsp3) is 0.643. The van der Waals surface area contributed by atoms with Crippen molar-refractivity contribution < 1.29 is 4.74 Å². The number of tetrazole rings is 1. The molecule has 0 amide bonds. The van der Waals surface area contributed by atoms with Crippen molar-refractivity contribution in [1.82, 2.24) is 35.5 Å². The average Bonchev–Trinajstić information content (AvgIpc) is 3.01. The zero-order chi connectivity index (χ0) is 15.6. The van der Waals surface area contributed by atoms with E-state index in [2.05, 4.69) is 56.3 Å². The second-order valence-electron chi connectivity index (χ2n) is 6.53. The standard InChI is InChI=1S/C14H21N7O/c1-14(2,3)13-15-6-10(7-16-13)8-21-4-5-22-11(9-21)12-17-19-20-18-12/h6-7,11H,4-5,8-9H2,1-3H3,(H,17,18,19,20). The van der Waals surface area contributed by atoms with Crippen molar-refractivity contribution in [2.24, 2.45) is 0 Å². The van der Waals surface area contributed by atoms with E-state index in [-0.39, 0.29) is 11.5 Å². The molecule has 118 valence electrons. The second-order valence-corrected chi connectivity index (χ2v) is 6.53. The summed E-state index contributed by atoms with van der Waals surface area (Å²) >= 11 is 0. The number of nitrogens with zero attached hydrogens (tertiary/aromatic N) is 6. The van der Waals surface area contributed by atoms with E-state index in [0.717, 1.165) is 31.0 Å². The Morgan fingerprint density at radius 1 is 1.32 bits per heavy atom. The number of ether oxygens (including phenoxy) is 1. The molecule has 0 spiro atoms. The molecular weight excluding hydrogens is 282 g/mol. The maximum Gasteiger partial charge on any atom is 0.204 e. The van der Waals surface area contributed by atoms with Crippen molar-refractivity contribution in [2.45, 2.75) is 38.8 Å². The van der Waals surface area contributed by atoms with Gasteiger partial charge in [0.25, 0.3) is 0 Å². The molecule has 8 heteroatoms. The van der Waals surface area contributed by atoms with Gasteiger partial charge in [0.1, 0.15) is 11.9 Å². The van der Waals surface area contributed by atoms with E-state index in [1.165, 1.54) is 0 Å². The first kappa shape index (κ1) is 15.0. The van der Waals surface area contributed by atoms with Crippen LogP contribution in [-0.4, -0.2) is 55.2 Å². The number of hydrogen-bond acceptors (Lipinski definition) is 7. The molecule has 1 fully saturated rings. The van der Waals surface area contributed by atoms with E-state index < -0.39 is 0 Å². The van der Waals surface area contributed by atoms with E-state index in [9.17, 15) is 0 Å². The highest BCUT2D eigenvalue weighted by Crippen LogP contribution is 2.20. The van der Waals surface area contributed by atoms with Crippen LogP contribution in [0.2, 0.25) is 0 Å². The van der Waals surface area contributed by atoms with Crippen LogP contribution in [0, 0.1) is 0 Å². The van der Waals surface area contributed by atoms with Crippen molar-refractivity contribution >= 4 is 0 Å². The zero-order valence-electron chi connectivity index (χ0n) is 13.2.